The van der Waals surface area contributed by atoms with E-state index in [0.29, 0.717) is 16.9 Å². The molecule has 0 fully saturated rings. The van der Waals surface area contributed by atoms with Crippen LogP contribution in [0.25, 0.3) is 5.65 Å². The van der Waals surface area contributed by atoms with Gasteiger partial charge in [-0.25, -0.2) is 9.37 Å². The second kappa shape index (κ2) is 10.8. The maximum absolute atomic E-state index is 13.5. The third kappa shape index (κ3) is 5.75. The Kier molecular flexibility index (Phi) is 7.39. The van der Waals surface area contributed by atoms with Crippen LogP contribution < -0.4 is 10.6 Å². The molecule has 0 aliphatic heterocycles. The van der Waals surface area contributed by atoms with E-state index in [-0.39, 0.29) is 42.9 Å². The highest BCUT2D eigenvalue weighted by Crippen LogP contribution is 2.12. The smallest absolute Gasteiger partial charge is 0.309 e. The molecule has 2 amide bonds. The van der Waals surface area contributed by atoms with E-state index in [0.717, 1.165) is 16.7 Å². The summed E-state index contributed by atoms with van der Waals surface area (Å²) in [6, 6.07) is 17.0. The molecule has 0 saturated carbocycles. The van der Waals surface area contributed by atoms with Crippen LogP contribution in [0.3, 0.4) is 0 Å². The van der Waals surface area contributed by atoms with E-state index in [1.807, 2.05) is 24.3 Å². The number of ether oxygens (including phenoxy) is 1. The Labute approximate surface area is 207 Å². The number of aromatic nitrogens is 2. The standard InChI is InChI=1S/C27H25FN4O4/c1-17-12-20(10-11-21(17)28)15-29-26(34)22-16-32-23(4-3-5-24(32)31-22)27(35)30-14-19-8-6-18(7-9-19)13-25(33)36-2/h3-12,16H,13-15H2,1-2H3,(H,29,34)(H,30,35). The summed E-state index contributed by atoms with van der Waals surface area (Å²) in [4.78, 5) is 41.3. The van der Waals surface area contributed by atoms with E-state index in [2.05, 4.69) is 20.4 Å². The molecule has 2 N–H and O–H groups in total. The number of carbonyl (C=O) groups excluding carboxylic acids is 3. The molecule has 4 aromatic rings. The van der Waals surface area contributed by atoms with E-state index in [1.54, 1.807) is 41.7 Å². The van der Waals surface area contributed by atoms with Crippen molar-refractivity contribution in [2.45, 2.75) is 26.4 Å². The summed E-state index contributed by atoms with van der Waals surface area (Å²) >= 11 is 0. The van der Waals surface area contributed by atoms with Gasteiger partial charge in [0.15, 0.2) is 0 Å². The van der Waals surface area contributed by atoms with Gasteiger partial charge in [-0.2, -0.15) is 0 Å². The first-order valence-electron chi connectivity index (χ1n) is 11.3. The topological polar surface area (TPSA) is 102 Å². The van der Waals surface area contributed by atoms with E-state index in [9.17, 15) is 18.8 Å². The highest BCUT2D eigenvalue weighted by Gasteiger charge is 2.16. The number of carbonyl (C=O) groups is 3. The zero-order valence-electron chi connectivity index (χ0n) is 19.9. The lowest BCUT2D eigenvalue weighted by molar-refractivity contribution is -0.139. The van der Waals surface area contributed by atoms with Gasteiger partial charge >= 0.3 is 5.97 Å². The Hall–Kier alpha value is -4.53. The Morgan fingerprint density at radius 1 is 0.917 bits per heavy atom. The molecule has 4 rings (SSSR count). The van der Waals surface area contributed by atoms with Gasteiger partial charge in [0.2, 0.25) is 0 Å². The largest absolute Gasteiger partial charge is 0.469 e. The van der Waals surface area contributed by atoms with Crippen molar-refractivity contribution in [1.82, 2.24) is 20.0 Å². The van der Waals surface area contributed by atoms with Crippen molar-refractivity contribution in [2.75, 3.05) is 7.11 Å². The molecule has 0 radical (unpaired) electrons. The monoisotopic (exact) mass is 488 g/mol. The number of nitrogens with one attached hydrogen (secondary N) is 2. The number of rotatable bonds is 8. The Morgan fingerprint density at radius 3 is 2.31 bits per heavy atom. The highest BCUT2D eigenvalue weighted by molar-refractivity contribution is 5.95. The summed E-state index contributed by atoms with van der Waals surface area (Å²) < 4.78 is 19.7. The van der Waals surface area contributed by atoms with Gasteiger partial charge in [0, 0.05) is 19.3 Å². The predicted octanol–water partition coefficient (Wildman–Crippen LogP) is 3.36. The maximum atomic E-state index is 13.5. The van der Waals surface area contributed by atoms with E-state index < -0.39 is 5.91 Å². The molecule has 0 aliphatic carbocycles. The van der Waals surface area contributed by atoms with Crippen molar-refractivity contribution < 1.29 is 23.5 Å². The number of methoxy groups -OCH3 is 1. The number of hydrogen-bond acceptors (Lipinski definition) is 5. The lowest BCUT2D eigenvalue weighted by Crippen LogP contribution is -2.25. The maximum Gasteiger partial charge on any atom is 0.309 e. The molecule has 2 heterocycles. The van der Waals surface area contributed by atoms with E-state index in [4.69, 9.17) is 0 Å². The molecule has 0 saturated heterocycles. The Balaban J connectivity index is 1.41. The molecule has 8 nitrogen and oxygen atoms in total. The van der Waals surface area contributed by atoms with Gasteiger partial charge in [0.25, 0.3) is 11.8 Å². The molecular formula is C27H25FN4O4. The molecular weight excluding hydrogens is 463 g/mol. The first kappa shape index (κ1) is 24.6. The minimum absolute atomic E-state index is 0.162. The Morgan fingerprint density at radius 2 is 1.58 bits per heavy atom. The second-order valence-electron chi connectivity index (χ2n) is 8.28. The van der Waals surface area contributed by atoms with Crippen LogP contribution in [0.1, 0.15) is 43.2 Å². The third-order valence-corrected chi connectivity index (χ3v) is 5.69. The average Bonchev–Trinajstić information content (AvgIpc) is 3.33. The summed E-state index contributed by atoms with van der Waals surface area (Å²) in [5.41, 5.74) is 3.90. The van der Waals surface area contributed by atoms with Crippen molar-refractivity contribution in [2.24, 2.45) is 0 Å². The van der Waals surface area contributed by atoms with Gasteiger partial charge in [0.05, 0.1) is 13.5 Å². The number of hydrogen-bond donors (Lipinski definition) is 2. The number of pyridine rings is 1. The Bertz CT molecular complexity index is 1430. The number of imidazole rings is 1. The zero-order valence-corrected chi connectivity index (χ0v) is 19.9. The number of amides is 2. The second-order valence-corrected chi connectivity index (χ2v) is 8.28. The van der Waals surface area contributed by atoms with Crippen LogP contribution in [-0.4, -0.2) is 34.3 Å². The van der Waals surface area contributed by atoms with Gasteiger partial charge in [-0.3, -0.25) is 18.8 Å². The van der Waals surface area contributed by atoms with E-state index >= 15 is 0 Å². The molecule has 0 unspecified atom stereocenters. The van der Waals surface area contributed by atoms with Crippen LogP contribution >= 0.6 is 0 Å². The minimum atomic E-state index is -0.404. The van der Waals surface area contributed by atoms with Crippen LogP contribution in [0.5, 0.6) is 0 Å². The van der Waals surface area contributed by atoms with Crippen molar-refractivity contribution in [3.63, 3.8) is 0 Å². The fourth-order valence-electron chi connectivity index (χ4n) is 3.68. The van der Waals surface area contributed by atoms with Crippen LogP contribution in [0.15, 0.2) is 66.9 Å². The summed E-state index contributed by atoms with van der Waals surface area (Å²) in [7, 11) is 1.34. The van der Waals surface area contributed by atoms with Gasteiger partial charge in [-0.15, -0.1) is 0 Å². The molecule has 0 spiro atoms. The molecule has 9 heteroatoms. The normalized spacial score (nSPS) is 10.8. The summed E-state index contributed by atoms with van der Waals surface area (Å²) in [5.74, 6) is -1.35. The van der Waals surface area contributed by atoms with Gasteiger partial charge in [-0.05, 0) is 47.4 Å². The first-order valence-corrected chi connectivity index (χ1v) is 11.3. The quantitative estimate of drug-likeness (QED) is 0.371. The van der Waals surface area contributed by atoms with Crippen molar-refractivity contribution in [1.29, 1.82) is 0 Å². The number of halogens is 1. The molecule has 36 heavy (non-hydrogen) atoms. The van der Waals surface area contributed by atoms with Crippen LogP contribution in [-0.2, 0) is 29.0 Å². The first-order chi connectivity index (χ1) is 17.3. The van der Waals surface area contributed by atoms with Crippen LogP contribution in [0.4, 0.5) is 4.39 Å². The lowest BCUT2D eigenvalue weighted by atomic mass is 10.1. The fraction of sp³-hybridized carbons (Fsp3) is 0.185. The predicted molar refractivity (Wildman–Crippen MR) is 131 cm³/mol. The van der Waals surface area contributed by atoms with Crippen molar-refractivity contribution >= 4 is 23.4 Å². The van der Waals surface area contributed by atoms with Crippen LogP contribution in [0, 0.1) is 12.7 Å². The minimum Gasteiger partial charge on any atom is -0.469 e. The van der Waals surface area contributed by atoms with Crippen LogP contribution in [0.2, 0.25) is 0 Å². The zero-order chi connectivity index (χ0) is 25.7. The molecule has 0 bridgehead atoms. The lowest BCUT2D eigenvalue weighted by Gasteiger charge is -2.08. The van der Waals surface area contributed by atoms with Gasteiger partial charge in [-0.1, -0.05) is 42.5 Å². The molecule has 0 aliphatic rings. The highest BCUT2D eigenvalue weighted by atomic mass is 19.1. The number of aryl methyl sites for hydroxylation is 1. The van der Waals surface area contributed by atoms with Gasteiger partial charge in [0.1, 0.15) is 22.9 Å². The number of fused-ring (bicyclic) bond motifs is 1. The van der Waals surface area contributed by atoms with Crippen molar-refractivity contribution in [3.05, 3.63) is 106 Å². The fourth-order valence-corrected chi connectivity index (χ4v) is 3.68. The number of nitrogens with zero attached hydrogens (tertiary/aromatic N) is 2. The van der Waals surface area contributed by atoms with E-state index in [1.165, 1.54) is 19.4 Å². The summed E-state index contributed by atoms with van der Waals surface area (Å²) in [6.07, 6.45) is 1.70. The molecule has 184 valence electrons. The number of benzene rings is 2. The molecule has 2 aromatic heterocycles. The average molecular weight is 489 g/mol. The molecule has 2 aromatic carbocycles. The van der Waals surface area contributed by atoms with Gasteiger partial charge < -0.3 is 15.4 Å². The van der Waals surface area contributed by atoms with Crippen molar-refractivity contribution in [3.8, 4) is 0 Å². The number of esters is 1. The summed E-state index contributed by atoms with van der Waals surface area (Å²) in [6.45, 7) is 2.17. The SMILES string of the molecule is COC(=O)Cc1ccc(CNC(=O)c2cccc3nc(C(=O)NCc4ccc(F)c(C)c4)cn23)cc1. The molecule has 0 atom stereocenters. The third-order valence-electron chi connectivity index (χ3n) is 5.69. The summed E-state index contributed by atoms with van der Waals surface area (Å²) in [5, 5.41) is 5.63.